The highest BCUT2D eigenvalue weighted by atomic mass is 16.7. The second kappa shape index (κ2) is 37.3. The quantitative estimate of drug-likeness (QED) is 0.0275. The molecular formula is C45H84O9. The highest BCUT2D eigenvalue weighted by Gasteiger charge is 2.44. The Kier molecular flexibility index (Phi) is 35.0. The molecule has 318 valence electrons. The van der Waals surface area contributed by atoms with Crippen LogP contribution >= 0.6 is 0 Å². The van der Waals surface area contributed by atoms with Crippen molar-refractivity contribution in [3.8, 4) is 0 Å². The predicted octanol–water partition coefficient (Wildman–Crippen LogP) is 9.81. The van der Waals surface area contributed by atoms with Gasteiger partial charge in [0.2, 0.25) is 0 Å². The average molecular weight is 769 g/mol. The predicted molar refractivity (Wildman–Crippen MR) is 219 cm³/mol. The molecule has 0 spiro atoms. The van der Waals surface area contributed by atoms with Crippen molar-refractivity contribution in [3.63, 3.8) is 0 Å². The number of unbranched alkanes of at least 4 members (excludes halogenated alkanes) is 23. The van der Waals surface area contributed by atoms with Gasteiger partial charge in [-0.15, -0.1) is 0 Å². The van der Waals surface area contributed by atoms with E-state index in [4.69, 9.17) is 18.9 Å². The van der Waals surface area contributed by atoms with E-state index < -0.39 is 43.4 Å². The highest BCUT2D eigenvalue weighted by Crippen LogP contribution is 2.22. The Bertz CT molecular complexity index is 879. The molecule has 1 rings (SSSR count). The van der Waals surface area contributed by atoms with Crippen LogP contribution < -0.4 is 0 Å². The molecule has 4 N–H and O–H groups in total. The summed E-state index contributed by atoms with van der Waals surface area (Å²) in [6, 6.07) is 0. The minimum Gasteiger partial charge on any atom is -0.457 e. The first-order valence-corrected chi connectivity index (χ1v) is 22.4. The van der Waals surface area contributed by atoms with Gasteiger partial charge in [-0.25, -0.2) is 0 Å². The van der Waals surface area contributed by atoms with Gasteiger partial charge in [0.15, 0.2) is 6.29 Å². The van der Waals surface area contributed by atoms with E-state index in [1.54, 1.807) is 0 Å². The molecule has 6 atom stereocenters. The van der Waals surface area contributed by atoms with Gasteiger partial charge in [-0.2, -0.15) is 0 Å². The van der Waals surface area contributed by atoms with Gasteiger partial charge in [-0.1, -0.05) is 154 Å². The van der Waals surface area contributed by atoms with Crippen LogP contribution in [0.2, 0.25) is 0 Å². The van der Waals surface area contributed by atoms with Gasteiger partial charge in [0.05, 0.1) is 19.8 Å². The summed E-state index contributed by atoms with van der Waals surface area (Å²) in [6.07, 6.45) is 34.9. The van der Waals surface area contributed by atoms with Crippen molar-refractivity contribution in [1.29, 1.82) is 0 Å². The lowest BCUT2D eigenvalue weighted by atomic mass is 9.99. The lowest BCUT2D eigenvalue weighted by Crippen LogP contribution is -2.59. The minimum atomic E-state index is -1.54. The molecule has 0 aliphatic carbocycles. The molecule has 0 aromatic heterocycles. The molecule has 9 heteroatoms. The fraction of sp³-hybridized carbons (Fsp3) is 0.889. The number of carbonyl (C=O) groups excluding carboxylic acids is 1. The van der Waals surface area contributed by atoms with E-state index in [9.17, 15) is 25.2 Å². The summed E-state index contributed by atoms with van der Waals surface area (Å²) in [5.41, 5.74) is 0. The number of carbonyl (C=O) groups is 1. The van der Waals surface area contributed by atoms with Crippen molar-refractivity contribution in [2.45, 2.75) is 230 Å². The summed E-state index contributed by atoms with van der Waals surface area (Å²) in [6.45, 7) is 4.51. The summed E-state index contributed by atoms with van der Waals surface area (Å²) in [7, 11) is 0. The van der Waals surface area contributed by atoms with Gasteiger partial charge in [0, 0.05) is 13.0 Å². The van der Waals surface area contributed by atoms with Crippen LogP contribution in [0.3, 0.4) is 0 Å². The number of esters is 1. The van der Waals surface area contributed by atoms with E-state index in [0.29, 0.717) is 13.0 Å². The number of allylic oxidation sites excluding steroid dienone is 4. The first-order chi connectivity index (χ1) is 26.4. The molecule has 1 aliphatic heterocycles. The van der Waals surface area contributed by atoms with Crippen LogP contribution in [-0.4, -0.2) is 89.6 Å². The third kappa shape index (κ3) is 28.1. The second-order valence-corrected chi connectivity index (χ2v) is 15.5. The van der Waals surface area contributed by atoms with E-state index >= 15 is 0 Å². The molecule has 54 heavy (non-hydrogen) atoms. The van der Waals surface area contributed by atoms with Gasteiger partial charge >= 0.3 is 5.97 Å². The van der Waals surface area contributed by atoms with Crippen molar-refractivity contribution in [3.05, 3.63) is 24.3 Å². The number of aliphatic hydroxyl groups excluding tert-OH is 4. The molecule has 0 saturated carbocycles. The van der Waals surface area contributed by atoms with Crippen LogP contribution in [0.5, 0.6) is 0 Å². The molecule has 6 unspecified atom stereocenters. The summed E-state index contributed by atoms with van der Waals surface area (Å²) >= 11 is 0. The number of ether oxygens (including phenoxy) is 4. The third-order valence-corrected chi connectivity index (χ3v) is 10.3. The van der Waals surface area contributed by atoms with Crippen LogP contribution in [0.15, 0.2) is 24.3 Å². The number of hydrogen-bond donors (Lipinski definition) is 4. The third-order valence-electron chi connectivity index (χ3n) is 10.3. The fourth-order valence-electron chi connectivity index (χ4n) is 6.76. The van der Waals surface area contributed by atoms with E-state index in [1.807, 2.05) is 0 Å². The largest absolute Gasteiger partial charge is 0.457 e. The summed E-state index contributed by atoms with van der Waals surface area (Å²) in [4.78, 5) is 12.7. The van der Waals surface area contributed by atoms with Gasteiger partial charge in [-0.05, 0) is 57.8 Å². The molecule has 0 radical (unpaired) electrons. The van der Waals surface area contributed by atoms with Gasteiger partial charge in [-0.3, -0.25) is 4.79 Å². The Balaban J connectivity index is 2.22. The maximum Gasteiger partial charge on any atom is 0.306 e. The lowest BCUT2D eigenvalue weighted by molar-refractivity contribution is -0.305. The Morgan fingerprint density at radius 3 is 1.56 bits per heavy atom. The van der Waals surface area contributed by atoms with Crippen molar-refractivity contribution in [2.24, 2.45) is 0 Å². The van der Waals surface area contributed by atoms with Crippen LogP contribution in [0.4, 0.5) is 0 Å². The average Bonchev–Trinajstić information content (AvgIpc) is 3.17. The molecule has 0 amide bonds. The van der Waals surface area contributed by atoms with Crippen LogP contribution in [-0.2, 0) is 23.7 Å². The van der Waals surface area contributed by atoms with E-state index in [0.717, 1.165) is 51.4 Å². The van der Waals surface area contributed by atoms with Gasteiger partial charge in [0.1, 0.15) is 30.5 Å². The number of hydrogen-bond acceptors (Lipinski definition) is 9. The zero-order valence-corrected chi connectivity index (χ0v) is 34.7. The first kappa shape index (κ1) is 50.7. The Morgan fingerprint density at radius 2 is 1.04 bits per heavy atom. The molecule has 0 aromatic carbocycles. The molecular weight excluding hydrogens is 684 g/mol. The van der Waals surface area contributed by atoms with Crippen molar-refractivity contribution >= 4 is 5.97 Å². The summed E-state index contributed by atoms with van der Waals surface area (Å²) < 4.78 is 22.8. The van der Waals surface area contributed by atoms with Crippen molar-refractivity contribution in [1.82, 2.24) is 0 Å². The number of aliphatic hydroxyl groups is 4. The molecule has 0 bridgehead atoms. The van der Waals surface area contributed by atoms with Gasteiger partial charge < -0.3 is 39.4 Å². The summed E-state index contributed by atoms with van der Waals surface area (Å²) in [5, 5.41) is 40.0. The van der Waals surface area contributed by atoms with E-state index in [2.05, 4.69) is 38.2 Å². The molecule has 9 nitrogen and oxygen atoms in total. The van der Waals surface area contributed by atoms with Crippen molar-refractivity contribution < 1.29 is 44.2 Å². The first-order valence-electron chi connectivity index (χ1n) is 22.4. The van der Waals surface area contributed by atoms with Crippen molar-refractivity contribution in [2.75, 3.05) is 26.4 Å². The van der Waals surface area contributed by atoms with E-state index in [-0.39, 0.29) is 19.2 Å². The maximum atomic E-state index is 12.7. The standard InChI is InChI=1S/C45H84O9/c1-3-5-7-9-11-13-15-16-17-18-19-20-21-22-23-25-27-29-31-33-35-51-37-39(38-52-45-44(50)43(49)42(48)40(36-46)54-45)53-41(47)34-32-30-28-26-24-14-12-10-8-6-4-2/h10,12,16-17,39-40,42-46,48-50H,3-9,11,13-15,18-38H2,1-2H3/b12-10-,17-16-. The molecule has 0 aromatic rings. The SMILES string of the molecule is CCCC/C=C\CCCCCCCC(=O)OC(COCCCCCCCCCCCC/C=C\CCCCCCCC)COC1OC(CO)C(O)C(O)C1O. The zero-order valence-electron chi connectivity index (χ0n) is 34.7. The zero-order chi connectivity index (χ0) is 39.3. The monoisotopic (exact) mass is 769 g/mol. The fourth-order valence-corrected chi connectivity index (χ4v) is 6.76. The Morgan fingerprint density at radius 1 is 0.574 bits per heavy atom. The van der Waals surface area contributed by atoms with Crippen LogP contribution in [0.25, 0.3) is 0 Å². The van der Waals surface area contributed by atoms with Gasteiger partial charge in [0.25, 0.3) is 0 Å². The number of rotatable bonds is 38. The molecule has 1 fully saturated rings. The smallest absolute Gasteiger partial charge is 0.306 e. The highest BCUT2D eigenvalue weighted by molar-refractivity contribution is 5.69. The topological polar surface area (TPSA) is 135 Å². The molecule has 1 heterocycles. The molecule has 1 aliphatic rings. The second-order valence-electron chi connectivity index (χ2n) is 15.5. The van der Waals surface area contributed by atoms with Crippen LogP contribution in [0.1, 0.15) is 194 Å². The summed E-state index contributed by atoms with van der Waals surface area (Å²) in [5.74, 6) is -0.324. The Hall–Kier alpha value is -1.33. The lowest BCUT2D eigenvalue weighted by Gasteiger charge is -2.39. The van der Waals surface area contributed by atoms with Crippen LogP contribution in [0, 0.1) is 0 Å². The van der Waals surface area contributed by atoms with E-state index in [1.165, 1.54) is 122 Å². The minimum absolute atomic E-state index is 0.115. The normalized spacial score (nSPS) is 21.0. The Labute approximate surface area is 330 Å². The molecule has 1 saturated heterocycles. The maximum absolute atomic E-state index is 12.7.